The van der Waals surface area contributed by atoms with Gasteiger partial charge >= 0.3 is 6.09 Å². The lowest BCUT2D eigenvalue weighted by molar-refractivity contribution is 0.0372. The Hall–Kier alpha value is -2.05. The first-order valence-corrected chi connectivity index (χ1v) is 9.82. The van der Waals surface area contributed by atoms with Crippen LogP contribution in [0.4, 0.5) is 4.79 Å². The van der Waals surface area contributed by atoms with Gasteiger partial charge in [-0.2, -0.15) is 0 Å². The summed E-state index contributed by atoms with van der Waals surface area (Å²) >= 11 is 0. The summed E-state index contributed by atoms with van der Waals surface area (Å²) in [5, 5.41) is 13.1. The number of hydrogen-bond acceptors (Lipinski definition) is 5. The van der Waals surface area contributed by atoms with Crippen LogP contribution in [-0.4, -0.2) is 49.3 Å². The molecule has 1 amide bonds. The topological polar surface area (TPSA) is 77.0 Å². The summed E-state index contributed by atoms with van der Waals surface area (Å²) < 4.78 is 16.0. The molecule has 0 heterocycles. The summed E-state index contributed by atoms with van der Waals surface area (Å²) in [6.45, 7) is 8.39. The van der Waals surface area contributed by atoms with Crippen LogP contribution in [0.15, 0.2) is 30.3 Å². The molecule has 0 saturated heterocycles. The van der Waals surface area contributed by atoms with E-state index in [4.69, 9.17) is 14.2 Å². The third kappa shape index (κ3) is 10.3. The Bertz CT molecular complexity index is 592. The second kappa shape index (κ2) is 12.4. The standard InChI is InChI=1S/C22H35NO5/c1-6-7-8-15-27-18-12-9-17(10-13-18)11-14-20(24)19(16-26-5)23-21(25)28-22(2,3)4/h9-14,19-20,24H,6-8,15-16H2,1-5H3,(H,23,25)/b14-11+/t19-,20+/m1/s1. The second-order valence-electron chi connectivity index (χ2n) is 7.68. The van der Waals surface area contributed by atoms with Crippen LogP contribution in [0.1, 0.15) is 52.5 Å². The molecule has 0 saturated carbocycles. The monoisotopic (exact) mass is 393 g/mol. The number of aliphatic hydroxyl groups excluding tert-OH is 1. The van der Waals surface area contributed by atoms with Crippen molar-refractivity contribution in [3.63, 3.8) is 0 Å². The first kappa shape index (κ1) is 24.0. The average Bonchev–Trinajstić information content (AvgIpc) is 2.62. The first-order chi connectivity index (χ1) is 13.2. The van der Waals surface area contributed by atoms with Crippen molar-refractivity contribution in [3.05, 3.63) is 35.9 Å². The van der Waals surface area contributed by atoms with Gasteiger partial charge in [0.25, 0.3) is 0 Å². The molecular weight excluding hydrogens is 358 g/mol. The van der Waals surface area contributed by atoms with Crippen molar-refractivity contribution in [3.8, 4) is 5.75 Å². The van der Waals surface area contributed by atoms with Crippen LogP contribution in [0.2, 0.25) is 0 Å². The molecule has 0 aliphatic rings. The number of rotatable bonds is 11. The predicted molar refractivity (Wildman–Crippen MR) is 112 cm³/mol. The molecule has 0 aliphatic heterocycles. The zero-order valence-electron chi connectivity index (χ0n) is 17.7. The molecule has 2 atom stereocenters. The zero-order valence-corrected chi connectivity index (χ0v) is 17.7. The highest BCUT2D eigenvalue weighted by molar-refractivity contribution is 5.68. The van der Waals surface area contributed by atoms with Gasteiger partial charge < -0.3 is 24.6 Å². The van der Waals surface area contributed by atoms with Gasteiger partial charge in [-0.25, -0.2) is 4.79 Å². The summed E-state index contributed by atoms with van der Waals surface area (Å²) in [6, 6.07) is 7.04. The number of carbonyl (C=O) groups excluding carboxylic acids is 1. The van der Waals surface area contributed by atoms with E-state index in [2.05, 4.69) is 12.2 Å². The lowest BCUT2D eigenvalue weighted by atomic mass is 10.1. The van der Waals surface area contributed by atoms with Gasteiger partial charge in [0.1, 0.15) is 11.4 Å². The normalized spacial score (nSPS) is 13.9. The Morgan fingerprint density at radius 2 is 1.89 bits per heavy atom. The molecule has 28 heavy (non-hydrogen) atoms. The Morgan fingerprint density at radius 3 is 2.46 bits per heavy atom. The van der Waals surface area contributed by atoms with Crippen molar-refractivity contribution in [1.82, 2.24) is 5.32 Å². The summed E-state index contributed by atoms with van der Waals surface area (Å²) in [6.07, 6.45) is 5.30. The van der Waals surface area contributed by atoms with Crippen molar-refractivity contribution in [1.29, 1.82) is 0 Å². The number of nitrogens with one attached hydrogen (secondary N) is 1. The summed E-state index contributed by atoms with van der Waals surface area (Å²) in [5.41, 5.74) is 0.316. The third-order valence-electron chi connectivity index (χ3n) is 3.84. The smallest absolute Gasteiger partial charge is 0.408 e. The maximum atomic E-state index is 11.9. The highest BCUT2D eigenvalue weighted by atomic mass is 16.6. The van der Waals surface area contributed by atoms with Gasteiger partial charge in [0.05, 0.1) is 25.4 Å². The van der Waals surface area contributed by atoms with E-state index in [9.17, 15) is 9.90 Å². The Balaban J connectivity index is 2.60. The molecule has 0 aliphatic carbocycles. The number of amides is 1. The fourth-order valence-electron chi connectivity index (χ4n) is 2.43. The fourth-order valence-corrected chi connectivity index (χ4v) is 2.43. The summed E-state index contributed by atoms with van der Waals surface area (Å²) in [7, 11) is 1.51. The number of hydrogen-bond donors (Lipinski definition) is 2. The lowest BCUT2D eigenvalue weighted by Crippen LogP contribution is -2.47. The van der Waals surface area contributed by atoms with Crippen LogP contribution in [0, 0.1) is 0 Å². The fraction of sp³-hybridized carbons (Fsp3) is 0.591. The lowest BCUT2D eigenvalue weighted by Gasteiger charge is -2.25. The van der Waals surface area contributed by atoms with Crippen molar-refractivity contribution < 1.29 is 24.1 Å². The van der Waals surface area contributed by atoms with Gasteiger partial charge in [-0.05, 0) is 44.9 Å². The van der Waals surface area contributed by atoms with Crippen LogP contribution in [0.3, 0.4) is 0 Å². The maximum absolute atomic E-state index is 11.9. The highest BCUT2D eigenvalue weighted by Crippen LogP contribution is 2.15. The molecule has 0 bridgehead atoms. The zero-order chi connectivity index (χ0) is 21.0. The average molecular weight is 394 g/mol. The minimum Gasteiger partial charge on any atom is -0.494 e. The number of carbonyl (C=O) groups is 1. The molecule has 2 N–H and O–H groups in total. The summed E-state index contributed by atoms with van der Waals surface area (Å²) in [4.78, 5) is 11.9. The number of ether oxygens (including phenoxy) is 3. The van der Waals surface area contributed by atoms with E-state index in [0.717, 1.165) is 24.3 Å². The number of aliphatic hydroxyl groups is 1. The molecule has 0 unspecified atom stereocenters. The van der Waals surface area contributed by atoms with Gasteiger partial charge in [0.15, 0.2) is 0 Å². The second-order valence-corrected chi connectivity index (χ2v) is 7.68. The molecular formula is C22H35NO5. The molecule has 158 valence electrons. The van der Waals surface area contributed by atoms with Gasteiger partial charge in [-0.15, -0.1) is 0 Å². The SMILES string of the molecule is CCCCCOc1ccc(/C=C/[C@H](O)[C@@H](COC)NC(=O)OC(C)(C)C)cc1. The largest absolute Gasteiger partial charge is 0.494 e. The molecule has 6 heteroatoms. The van der Waals surface area contributed by atoms with Gasteiger partial charge in [-0.1, -0.05) is 44.1 Å². The third-order valence-corrected chi connectivity index (χ3v) is 3.84. The number of benzene rings is 1. The van der Waals surface area contributed by atoms with E-state index in [1.54, 1.807) is 32.9 Å². The van der Waals surface area contributed by atoms with Gasteiger partial charge in [0.2, 0.25) is 0 Å². The van der Waals surface area contributed by atoms with Crippen LogP contribution >= 0.6 is 0 Å². The summed E-state index contributed by atoms with van der Waals surface area (Å²) in [5.74, 6) is 0.831. The minimum absolute atomic E-state index is 0.162. The van der Waals surface area contributed by atoms with Gasteiger partial charge in [0, 0.05) is 7.11 Å². The highest BCUT2D eigenvalue weighted by Gasteiger charge is 2.23. The van der Waals surface area contributed by atoms with Crippen molar-refractivity contribution in [2.75, 3.05) is 20.3 Å². The Morgan fingerprint density at radius 1 is 1.21 bits per heavy atom. The number of unbranched alkanes of at least 4 members (excludes halogenated alkanes) is 2. The van der Waals surface area contributed by atoms with Crippen LogP contribution in [0.25, 0.3) is 6.08 Å². The van der Waals surface area contributed by atoms with E-state index in [1.807, 2.05) is 24.3 Å². The van der Waals surface area contributed by atoms with E-state index in [0.29, 0.717) is 0 Å². The predicted octanol–water partition coefficient (Wildman–Crippen LogP) is 4.17. The van der Waals surface area contributed by atoms with E-state index in [-0.39, 0.29) is 6.61 Å². The van der Waals surface area contributed by atoms with Gasteiger partial charge in [-0.3, -0.25) is 0 Å². The number of alkyl carbamates (subject to hydrolysis) is 1. The molecule has 1 rings (SSSR count). The van der Waals surface area contributed by atoms with Crippen molar-refractivity contribution in [2.24, 2.45) is 0 Å². The Kier molecular flexibility index (Phi) is 10.6. The van der Waals surface area contributed by atoms with Crippen LogP contribution in [0.5, 0.6) is 5.75 Å². The minimum atomic E-state index is -0.919. The molecule has 0 spiro atoms. The molecule has 6 nitrogen and oxygen atoms in total. The van der Waals surface area contributed by atoms with Crippen molar-refractivity contribution in [2.45, 2.75) is 64.7 Å². The molecule has 1 aromatic rings. The maximum Gasteiger partial charge on any atom is 0.408 e. The Labute approximate surface area is 168 Å². The molecule has 0 radical (unpaired) electrons. The van der Waals surface area contributed by atoms with Crippen molar-refractivity contribution >= 4 is 12.2 Å². The first-order valence-electron chi connectivity index (χ1n) is 9.82. The van der Waals surface area contributed by atoms with E-state index < -0.39 is 23.8 Å². The number of methoxy groups -OCH3 is 1. The van der Waals surface area contributed by atoms with Crippen LogP contribution in [-0.2, 0) is 9.47 Å². The molecule has 0 aromatic heterocycles. The van der Waals surface area contributed by atoms with Crippen LogP contribution < -0.4 is 10.1 Å². The molecule has 1 aromatic carbocycles. The van der Waals surface area contributed by atoms with E-state index in [1.165, 1.54) is 20.0 Å². The molecule has 0 fully saturated rings. The van der Waals surface area contributed by atoms with E-state index >= 15 is 0 Å². The quantitative estimate of drug-likeness (QED) is 0.552.